The van der Waals surface area contributed by atoms with Crippen LogP contribution in [0.5, 0.6) is 0 Å². The Morgan fingerprint density at radius 1 is 1.60 bits per heavy atom. The van der Waals surface area contributed by atoms with Gasteiger partial charge in [0.25, 0.3) is 0 Å². The van der Waals surface area contributed by atoms with Gasteiger partial charge in [-0.15, -0.1) is 0 Å². The third kappa shape index (κ3) is 2.21. The molecule has 3 N–H and O–H groups in total. The molecular weight excluding hydrogens is 194 g/mol. The molecule has 1 aromatic rings. The van der Waals surface area contributed by atoms with Crippen molar-refractivity contribution in [3.63, 3.8) is 0 Å². The van der Waals surface area contributed by atoms with E-state index in [4.69, 9.17) is 0 Å². The summed E-state index contributed by atoms with van der Waals surface area (Å²) >= 11 is 0. The first-order chi connectivity index (χ1) is 7.27. The molecule has 2 rings (SSSR count). The third-order valence-corrected chi connectivity index (χ3v) is 2.43. The predicted molar refractivity (Wildman–Crippen MR) is 53.8 cm³/mol. The fourth-order valence-corrected chi connectivity index (χ4v) is 1.29. The molecule has 6 nitrogen and oxygen atoms in total. The first-order valence-electron chi connectivity index (χ1n) is 4.79. The Labute approximate surface area is 87.2 Å². The van der Waals surface area contributed by atoms with Crippen molar-refractivity contribution in [2.75, 3.05) is 13.1 Å². The summed E-state index contributed by atoms with van der Waals surface area (Å²) < 4.78 is 0. The maximum absolute atomic E-state index is 11.6. The van der Waals surface area contributed by atoms with Crippen LogP contribution in [0.3, 0.4) is 0 Å². The minimum absolute atomic E-state index is 0.0390. The van der Waals surface area contributed by atoms with Crippen LogP contribution in [0.4, 0.5) is 0 Å². The standard InChI is InChI=1S/C9H13N5O/c1-6(7-2-10-3-7)9(15)11-4-8-12-5-13-14-8/h5,10H,2-4H2,1H3,(H,11,15)(H,12,13,14). The van der Waals surface area contributed by atoms with Crippen LogP contribution >= 0.6 is 0 Å². The lowest BCUT2D eigenvalue weighted by molar-refractivity contribution is -0.117. The zero-order chi connectivity index (χ0) is 10.7. The molecule has 1 aliphatic rings. The average molecular weight is 207 g/mol. The lowest BCUT2D eigenvalue weighted by Crippen LogP contribution is -2.37. The molecule has 6 heteroatoms. The van der Waals surface area contributed by atoms with Crippen LogP contribution in [0.25, 0.3) is 0 Å². The number of aromatic nitrogens is 3. The highest BCUT2D eigenvalue weighted by atomic mass is 16.1. The smallest absolute Gasteiger partial charge is 0.247 e. The van der Waals surface area contributed by atoms with E-state index in [0.717, 1.165) is 18.7 Å². The van der Waals surface area contributed by atoms with E-state index in [1.807, 2.05) is 6.92 Å². The highest BCUT2D eigenvalue weighted by Gasteiger charge is 2.15. The van der Waals surface area contributed by atoms with E-state index in [1.165, 1.54) is 11.9 Å². The van der Waals surface area contributed by atoms with Gasteiger partial charge in [0, 0.05) is 18.7 Å². The van der Waals surface area contributed by atoms with Crippen molar-refractivity contribution in [2.24, 2.45) is 0 Å². The van der Waals surface area contributed by atoms with Crippen LogP contribution in [0.15, 0.2) is 17.5 Å². The van der Waals surface area contributed by atoms with Crippen LogP contribution in [0.1, 0.15) is 12.7 Å². The minimum atomic E-state index is -0.0390. The van der Waals surface area contributed by atoms with Crippen molar-refractivity contribution in [2.45, 2.75) is 13.5 Å². The molecule has 0 radical (unpaired) electrons. The Hall–Kier alpha value is -1.69. The lowest BCUT2D eigenvalue weighted by atomic mass is 10.0. The first-order valence-corrected chi connectivity index (χ1v) is 4.79. The molecule has 1 amide bonds. The molecule has 0 atom stereocenters. The van der Waals surface area contributed by atoms with Crippen LogP contribution in [0, 0.1) is 0 Å². The Morgan fingerprint density at radius 3 is 2.93 bits per heavy atom. The van der Waals surface area contributed by atoms with Crippen LogP contribution in [0.2, 0.25) is 0 Å². The van der Waals surface area contributed by atoms with Gasteiger partial charge in [0.1, 0.15) is 12.2 Å². The molecule has 0 spiro atoms. The minimum Gasteiger partial charge on any atom is -0.345 e. The molecule has 2 heterocycles. The molecular formula is C9H13N5O. The summed E-state index contributed by atoms with van der Waals surface area (Å²) in [4.78, 5) is 15.5. The molecule has 1 aromatic heterocycles. The summed E-state index contributed by atoms with van der Waals surface area (Å²) in [6.45, 7) is 3.87. The number of rotatable bonds is 3. The van der Waals surface area contributed by atoms with Gasteiger partial charge in [-0.1, -0.05) is 0 Å². The van der Waals surface area contributed by atoms with Crippen molar-refractivity contribution < 1.29 is 4.79 Å². The number of carbonyl (C=O) groups excluding carboxylic acids is 1. The fourth-order valence-electron chi connectivity index (χ4n) is 1.29. The van der Waals surface area contributed by atoms with Crippen LogP contribution in [-0.2, 0) is 11.3 Å². The van der Waals surface area contributed by atoms with E-state index in [1.54, 1.807) is 0 Å². The molecule has 1 fully saturated rings. The molecule has 0 aliphatic carbocycles. The lowest BCUT2D eigenvalue weighted by Gasteiger charge is -2.21. The van der Waals surface area contributed by atoms with Crippen molar-refractivity contribution in [3.05, 3.63) is 23.3 Å². The molecule has 15 heavy (non-hydrogen) atoms. The third-order valence-electron chi connectivity index (χ3n) is 2.43. The second-order valence-corrected chi connectivity index (χ2v) is 3.45. The highest BCUT2D eigenvalue weighted by Crippen LogP contribution is 2.08. The Bertz CT molecular complexity index is 375. The summed E-state index contributed by atoms with van der Waals surface area (Å²) in [5.74, 6) is 0.621. The Balaban J connectivity index is 1.87. The average Bonchev–Trinajstić information content (AvgIpc) is 2.63. The van der Waals surface area contributed by atoms with Gasteiger partial charge in [0.05, 0.1) is 6.54 Å². The molecule has 0 unspecified atom stereocenters. The predicted octanol–water partition coefficient (Wildman–Crippen LogP) is -0.659. The van der Waals surface area contributed by atoms with E-state index < -0.39 is 0 Å². The van der Waals surface area contributed by atoms with Gasteiger partial charge in [-0.25, -0.2) is 4.98 Å². The maximum Gasteiger partial charge on any atom is 0.247 e. The zero-order valence-corrected chi connectivity index (χ0v) is 8.50. The fraction of sp³-hybridized carbons (Fsp3) is 0.444. The van der Waals surface area contributed by atoms with Crippen LogP contribution < -0.4 is 10.6 Å². The number of H-pyrrole nitrogens is 1. The first kappa shape index (κ1) is 9.85. The van der Waals surface area contributed by atoms with Gasteiger partial charge in [-0.05, 0) is 12.5 Å². The quantitative estimate of drug-likeness (QED) is 0.575. The molecule has 0 bridgehead atoms. The SMILES string of the molecule is CC(C(=O)NCc1ncn[nH]1)=C1CNC1. The highest BCUT2D eigenvalue weighted by molar-refractivity contribution is 5.93. The van der Waals surface area contributed by atoms with E-state index in [2.05, 4.69) is 25.8 Å². The van der Waals surface area contributed by atoms with E-state index in [0.29, 0.717) is 12.4 Å². The van der Waals surface area contributed by atoms with E-state index in [9.17, 15) is 4.79 Å². The number of nitrogens with zero attached hydrogens (tertiary/aromatic N) is 2. The topological polar surface area (TPSA) is 82.7 Å². The largest absolute Gasteiger partial charge is 0.345 e. The number of hydrogen-bond donors (Lipinski definition) is 3. The summed E-state index contributed by atoms with van der Waals surface area (Å²) in [6.07, 6.45) is 1.42. The maximum atomic E-state index is 11.6. The Kier molecular flexibility index (Phi) is 2.77. The molecule has 0 saturated carbocycles. The van der Waals surface area contributed by atoms with Gasteiger partial charge in [0.2, 0.25) is 5.91 Å². The van der Waals surface area contributed by atoms with Crippen molar-refractivity contribution in [1.82, 2.24) is 25.8 Å². The van der Waals surface area contributed by atoms with Crippen molar-refractivity contribution >= 4 is 5.91 Å². The number of amides is 1. The van der Waals surface area contributed by atoms with Gasteiger partial charge in [-0.2, -0.15) is 5.10 Å². The molecule has 1 aliphatic heterocycles. The number of nitrogens with one attached hydrogen (secondary N) is 3. The summed E-state index contributed by atoms with van der Waals surface area (Å²) in [7, 11) is 0. The molecule has 1 saturated heterocycles. The van der Waals surface area contributed by atoms with Crippen molar-refractivity contribution in [1.29, 1.82) is 0 Å². The summed E-state index contributed by atoms with van der Waals surface area (Å²) in [5.41, 5.74) is 1.97. The number of carbonyl (C=O) groups is 1. The van der Waals surface area contributed by atoms with Gasteiger partial charge < -0.3 is 10.6 Å². The molecule has 80 valence electrons. The van der Waals surface area contributed by atoms with Gasteiger partial charge in [-0.3, -0.25) is 9.89 Å². The Morgan fingerprint density at radius 2 is 2.40 bits per heavy atom. The normalized spacial score (nSPS) is 14.6. The van der Waals surface area contributed by atoms with E-state index >= 15 is 0 Å². The summed E-state index contributed by atoms with van der Waals surface area (Å²) in [6, 6.07) is 0. The van der Waals surface area contributed by atoms with Crippen LogP contribution in [-0.4, -0.2) is 34.2 Å². The molecule has 0 aromatic carbocycles. The second-order valence-electron chi connectivity index (χ2n) is 3.45. The van der Waals surface area contributed by atoms with Crippen molar-refractivity contribution in [3.8, 4) is 0 Å². The monoisotopic (exact) mass is 207 g/mol. The number of hydrogen-bond acceptors (Lipinski definition) is 4. The van der Waals surface area contributed by atoms with Gasteiger partial charge >= 0.3 is 0 Å². The van der Waals surface area contributed by atoms with E-state index in [-0.39, 0.29) is 5.91 Å². The zero-order valence-electron chi connectivity index (χ0n) is 8.50. The number of aromatic amines is 1. The summed E-state index contributed by atoms with van der Waals surface area (Å²) in [5, 5.41) is 12.3. The second kappa shape index (κ2) is 4.22. The van der Waals surface area contributed by atoms with Gasteiger partial charge in [0.15, 0.2) is 0 Å².